The molecule has 1 aromatic carbocycles. The van der Waals surface area contributed by atoms with E-state index in [1.807, 2.05) is 36.7 Å². The van der Waals surface area contributed by atoms with Crippen molar-refractivity contribution in [1.82, 2.24) is 10.0 Å². The summed E-state index contributed by atoms with van der Waals surface area (Å²) in [4.78, 5) is 31.7. The second-order valence-electron chi connectivity index (χ2n) is 5.64. The van der Waals surface area contributed by atoms with Crippen molar-refractivity contribution in [3.8, 4) is 0 Å². The largest absolute Gasteiger partial charge is 0.338 e. The monoisotopic (exact) mass is 326 g/mol. The van der Waals surface area contributed by atoms with E-state index in [1.165, 1.54) is 25.1 Å². The Morgan fingerprint density at radius 3 is 2.04 bits per heavy atom. The molecule has 1 aromatic heterocycles. The van der Waals surface area contributed by atoms with Crippen LogP contribution in [0.1, 0.15) is 41.3 Å². The van der Waals surface area contributed by atoms with Gasteiger partial charge in [0.1, 0.15) is 0 Å². The minimum atomic E-state index is -0.517. The molecule has 0 saturated heterocycles. The molecule has 0 bridgehead atoms. The molecule has 0 unspecified atom stereocenters. The van der Waals surface area contributed by atoms with Crippen molar-refractivity contribution in [2.75, 3.05) is 7.05 Å². The van der Waals surface area contributed by atoms with Gasteiger partial charge in [-0.25, -0.2) is 0 Å². The number of hydrogen-bond donors (Lipinski definition) is 0. The van der Waals surface area contributed by atoms with Crippen LogP contribution in [-0.2, 0) is 22.5 Å². The van der Waals surface area contributed by atoms with Gasteiger partial charge in [0, 0.05) is 31.9 Å². The molecule has 5 heteroatoms. The van der Waals surface area contributed by atoms with E-state index >= 15 is 0 Å². The van der Waals surface area contributed by atoms with Crippen molar-refractivity contribution in [1.29, 1.82) is 0 Å². The summed E-state index contributed by atoms with van der Waals surface area (Å²) >= 11 is 0. The number of nitrogens with zero attached hydrogens (tertiary/aromatic N) is 2. The van der Waals surface area contributed by atoms with Crippen molar-refractivity contribution in [2.24, 2.45) is 0 Å². The van der Waals surface area contributed by atoms with Crippen LogP contribution < -0.4 is 0 Å². The van der Waals surface area contributed by atoms with Gasteiger partial charge < -0.3 is 4.84 Å². The van der Waals surface area contributed by atoms with Crippen LogP contribution >= 0.6 is 0 Å². The van der Waals surface area contributed by atoms with E-state index in [2.05, 4.69) is 4.98 Å². The summed E-state index contributed by atoms with van der Waals surface area (Å²) in [5.41, 5.74) is 3.00. The normalized spacial score (nSPS) is 10.2. The average molecular weight is 326 g/mol. The SMILES string of the molecule is CC(=O)ON(C)C(=O)c1ccc(CCCCc2ccncc2)cc1. The number of unbranched alkanes of at least 4 members (excludes halogenated alkanes) is 1. The molecule has 0 atom stereocenters. The Kier molecular flexibility index (Phi) is 6.49. The molecule has 0 aliphatic heterocycles. The highest BCUT2D eigenvalue weighted by Crippen LogP contribution is 2.11. The van der Waals surface area contributed by atoms with Gasteiger partial charge in [0.15, 0.2) is 0 Å². The molecular weight excluding hydrogens is 304 g/mol. The number of hydroxylamine groups is 2. The zero-order valence-electron chi connectivity index (χ0n) is 14.1. The molecule has 5 nitrogen and oxygen atoms in total. The predicted molar refractivity (Wildman–Crippen MR) is 91.2 cm³/mol. The molecule has 1 amide bonds. The summed E-state index contributed by atoms with van der Waals surface area (Å²) in [6.07, 6.45) is 7.85. The first-order valence-corrected chi connectivity index (χ1v) is 8.00. The van der Waals surface area contributed by atoms with Crippen LogP contribution in [0.3, 0.4) is 0 Å². The van der Waals surface area contributed by atoms with Crippen molar-refractivity contribution >= 4 is 11.9 Å². The average Bonchev–Trinajstić information content (AvgIpc) is 2.59. The van der Waals surface area contributed by atoms with Gasteiger partial charge in [-0.2, -0.15) is 5.06 Å². The van der Waals surface area contributed by atoms with Crippen LogP contribution in [-0.4, -0.2) is 29.0 Å². The predicted octanol–water partition coefficient (Wildman–Crippen LogP) is 3.20. The lowest BCUT2D eigenvalue weighted by atomic mass is 10.0. The topological polar surface area (TPSA) is 59.5 Å². The van der Waals surface area contributed by atoms with Gasteiger partial charge in [0.05, 0.1) is 0 Å². The standard InChI is InChI=1S/C19H22N2O3/c1-15(22)24-21(2)19(23)18-9-7-16(8-10-18)5-3-4-6-17-11-13-20-14-12-17/h7-14H,3-6H2,1-2H3. The smallest absolute Gasteiger partial charge is 0.329 e. The van der Waals surface area contributed by atoms with Gasteiger partial charge in [-0.1, -0.05) is 12.1 Å². The van der Waals surface area contributed by atoms with Crippen LogP contribution in [0, 0.1) is 0 Å². The van der Waals surface area contributed by atoms with E-state index in [4.69, 9.17) is 4.84 Å². The molecule has 126 valence electrons. The molecule has 24 heavy (non-hydrogen) atoms. The first-order valence-electron chi connectivity index (χ1n) is 8.00. The zero-order chi connectivity index (χ0) is 17.4. The van der Waals surface area contributed by atoms with Gasteiger partial charge in [0.2, 0.25) is 0 Å². The Labute approximate surface area is 142 Å². The van der Waals surface area contributed by atoms with Crippen molar-refractivity contribution in [2.45, 2.75) is 32.6 Å². The number of hydrogen-bond acceptors (Lipinski definition) is 4. The number of rotatable bonds is 6. The lowest BCUT2D eigenvalue weighted by Crippen LogP contribution is -2.28. The van der Waals surface area contributed by atoms with Gasteiger partial charge >= 0.3 is 5.97 Å². The number of aryl methyl sites for hydroxylation is 2. The molecule has 0 spiro atoms. The number of benzene rings is 1. The lowest BCUT2D eigenvalue weighted by molar-refractivity contribution is -0.170. The Morgan fingerprint density at radius 2 is 1.50 bits per heavy atom. The fourth-order valence-corrected chi connectivity index (χ4v) is 2.44. The van der Waals surface area contributed by atoms with E-state index in [9.17, 15) is 9.59 Å². The molecule has 2 aromatic rings. The number of aromatic nitrogens is 1. The Bertz CT molecular complexity index is 669. The van der Waals surface area contributed by atoms with Crippen molar-refractivity contribution < 1.29 is 14.4 Å². The summed E-state index contributed by atoms with van der Waals surface area (Å²) < 4.78 is 0. The molecule has 0 radical (unpaired) electrons. The molecular formula is C19H22N2O3. The summed E-state index contributed by atoms with van der Waals surface area (Å²) in [6, 6.07) is 11.5. The Balaban J connectivity index is 1.79. The van der Waals surface area contributed by atoms with E-state index in [-0.39, 0.29) is 5.91 Å². The lowest BCUT2D eigenvalue weighted by Gasteiger charge is -2.15. The highest BCUT2D eigenvalue weighted by molar-refractivity contribution is 5.94. The summed E-state index contributed by atoms with van der Waals surface area (Å²) in [5.74, 6) is -0.855. The van der Waals surface area contributed by atoms with Gasteiger partial charge in [-0.15, -0.1) is 0 Å². The zero-order valence-corrected chi connectivity index (χ0v) is 14.1. The van der Waals surface area contributed by atoms with Crippen LogP contribution in [0.4, 0.5) is 0 Å². The summed E-state index contributed by atoms with van der Waals surface area (Å²) in [6.45, 7) is 1.26. The quantitative estimate of drug-likeness (QED) is 0.604. The molecule has 0 aliphatic carbocycles. The summed E-state index contributed by atoms with van der Waals surface area (Å²) in [7, 11) is 1.43. The maximum absolute atomic E-state index is 12.1. The number of carbonyl (C=O) groups excluding carboxylic acids is 2. The van der Waals surface area contributed by atoms with E-state index in [1.54, 1.807) is 12.1 Å². The van der Waals surface area contributed by atoms with Crippen LogP contribution in [0.25, 0.3) is 0 Å². The Morgan fingerprint density at radius 1 is 0.958 bits per heavy atom. The molecule has 0 saturated carbocycles. The maximum atomic E-state index is 12.1. The molecule has 2 rings (SSSR count). The number of carbonyl (C=O) groups is 2. The Hall–Kier alpha value is -2.69. The third-order valence-electron chi connectivity index (χ3n) is 3.68. The highest BCUT2D eigenvalue weighted by atomic mass is 16.7. The van der Waals surface area contributed by atoms with Gasteiger partial charge in [-0.3, -0.25) is 14.6 Å². The molecule has 0 N–H and O–H groups in total. The molecule has 0 fully saturated rings. The maximum Gasteiger partial charge on any atom is 0.329 e. The second kappa shape index (κ2) is 8.82. The fourth-order valence-electron chi connectivity index (χ4n) is 2.44. The third-order valence-corrected chi connectivity index (χ3v) is 3.68. The van der Waals surface area contributed by atoms with Crippen molar-refractivity contribution in [3.05, 3.63) is 65.5 Å². The van der Waals surface area contributed by atoms with Gasteiger partial charge in [0.25, 0.3) is 5.91 Å². The third kappa shape index (κ3) is 5.50. The van der Waals surface area contributed by atoms with Crippen LogP contribution in [0.2, 0.25) is 0 Å². The second-order valence-corrected chi connectivity index (χ2v) is 5.64. The molecule has 0 aliphatic rings. The highest BCUT2D eigenvalue weighted by Gasteiger charge is 2.14. The first kappa shape index (κ1) is 17.7. The summed E-state index contributed by atoms with van der Waals surface area (Å²) in [5, 5.41) is 0.950. The van der Waals surface area contributed by atoms with Gasteiger partial charge in [-0.05, 0) is 61.1 Å². The number of pyridine rings is 1. The van der Waals surface area contributed by atoms with E-state index < -0.39 is 5.97 Å². The van der Waals surface area contributed by atoms with E-state index in [0.29, 0.717) is 5.56 Å². The minimum absolute atomic E-state index is 0.338. The van der Waals surface area contributed by atoms with Crippen molar-refractivity contribution in [3.63, 3.8) is 0 Å². The van der Waals surface area contributed by atoms with E-state index in [0.717, 1.165) is 30.7 Å². The minimum Gasteiger partial charge on any atom is -0.338 e. The first-order chi connectivity index (χ1) is 11.6. The van der Waals surface area contributed by atoms with Crippen LogP contribution in [0.15, 0.2) is 48.8 Å². The number of amides is 1. The fraction of sp³-hybridized carbons (Fsp3) is 0.316. The van der Waals surface area contributed by atoms with Crippen LogP contribution in [0.5, 0.6) is 0 Å². The molecule has 1 heterocycles.